The van der Waals surface area contributed by atoms with Gasteiger partial charge in [0.25, 0.3) is 5.56 Å². The molecule has 0 aliphatic carbocycles. The molecule has 1 aliphatic heterocycles. The van der Waals surface area contributed by atoms with Crippen molar-refractivity contribution in [2.75, 3.05) is 36.5 Å². The van der Waals surface area contributed by atoms with Crippen molar-refractivity contribution >= 4 is 29.1 Å². The SMILES string of the molecule is Cc1nc(N2CCOCC2)[nH]c(=O)c1CCC(=O)Nc1ccc(OCc2ccccc2Cl)cc1. The van der Waals surface area contributed by atoms with Gasteiger partial charge in [0.2, 0.25) is 11.9 Å². The number of nitrogens with zero attached hydrogens (tertiary/aromatic N) is 2. The maximum atomic E-state index is 12.6. The normalized spacial score (nSPS) is 13.5. The van der Waals surface area contributed by atoms with Gasteiger partial charge in [-0.3, -0.25) is 14.6 Å². The smallest absolute Gasteiger partial charge is 0.255 e. The van der Waals surface area contributed by atoms with Crippen molar-refractivity contribution in [3.8, 4) is 5.75 Å². The predicted molar refractivity (Wildman–Crippen MR) is 132 cm³/mol. The van der Waals surface area contributed by atoms with Crippen LogP contribution in [0.4, 0.5) is 11.6 Å². The first-order valence-electron chi connectivity index (χ1n) is 11.2. The Bertz CT molecular complexity index is 1190. The largest absolute Gasteiger partial charge is 0.489 e. The number of H-pyrrole nitrogens is 1. The predicted octanol–water partition coefficient (Wildman–Crippen LogP) is 3.72. The molecule has 178 valence electrons. The molecule has 1 saturated heterocycles. The third-order valence-electron chi connectivity index (χ3n) is 5.61. The molecule has 0 saturated carbocycles. The molecule has 34 heavy (non-hydrogen) atoms. The summed E-state index contributed by atoms with van der Waals surface area (Å²) in [5.74, 6) is 1.04. The van der Waals surface area contributed by atoms with Crippen molar-refractivity contribution in [2.45, 2.75) is 26.4 Å². The summed E-state index contributed by atoms with van der Waals surface area (Å²) in [7, 11) is 0. The van der Waals surface area contributed by atoms with Crippen LogP contribution < -0.4 is 20.5 Å². The molecule has 0 atom stereocenters. The fourth-order valence-electron chi connectivity index (χ4n) is 3.69. The molecule has 0 bridgehead atoms. The second-order valence-electron chi connectivity index (χ2n) is 8.01. The Balaban J connectivity index is 1.29. The second-order valence-corrected chi connectivity index (χ2v) is 8.41. The van der Waals surface area contributed by atoms with Crippen LogP contribution in [0.5, 0.6) is 5.75 Å². The molecule has 2 N–H and O–H groups in total. The molecule has 2 heterocycles. The molecule has 0 unspecified atom stereocenters. The molecule has 1 aliphatic rings. The molecule has 4 rings (SSSR count). The first-order valence-corrected chi connectivity index (χ1v) is 11.6. The Morgan fingerprint density at radius 1 is 1.18 bits per heavy atom. The molecule has 2 aromatic carbocycles. The Labute approximate surface area is 202 Å². The number of hydrogen-bond acceptors (Lipinski definition) is 6. The molecular formula is C25H27ClN4O4. The number of carbonyl (C=O) groups is 1. The Kier molecular flexibility index (Phi) is 7.82. The van der Waals surface area contributed by atoms with E-state index in [1.807, 2.05) is 29.2 Å². The van der Waals surface area contributed by atoms with Crippen LogP contribution in [-0.4, -0.2) is 42.2 Å². The Hall–Kier alpha value is -3.36. The van der Waals surface area contributed by atoms with Crippen molar-refractivity contribution in [2.24, 2.45) is 0 Å². The van der Waals surface area contributed by atoms with Crippen molar-refractivity contribution in [3.05, 3.63) is 80.7 Å². The Morgan fingerprint density at radius 2 is 1.91 bits per heavy atom. The average Bonchev–Trinajstić information content (AvgIpc) is 2.84. The van der Waals surface area contributed by atoms with Gasteiger partial charge in [-0.15, -0.1) is 0 Å². The van der Waals surface area contributed by atoms with Crippen LogP contribution in [0.1, 0.15) is 23.2 Å². The topological polar surface area (TPSA) is 96.6 Å². The molecule has 9 heteroatoms. The van der Waals surface area contributed by atoms with Gasteiger partial charge in [-0.05, 0) is 43.7 Å². The lowest BCUT2D eigenvalue weighted by molar-refractivity contribution is -0.116. The van der Waals surface area contributed by atoms with Crippen LogP contribution in [0.2, 0.25) is 5.02 Å². The van der Waals surface area contributed by atoms with Gasteiger partial charge in [0.05, 0.1) is 13.2 Å². The maximum Gasteiger partial charge on any atom is 0.255 e. The number of aromatic nitrogens is 2. The number of aryl methyl sites for hydroxylation is 1. The number of morpholine rings is 1. The first-order chi connectivity index (χ1) is 16.5. The standard InChI is InChI=1S/C25H27ClN4O4/c1-17-21(24(32)29-25(27-17)30-12-14-33-15-13-30)10-11-23(31)28-19-6-8-20(9-7-19)34-16-18-4-2-3-5-22(18)26/h2-9H,10-16H2,1H3,(H,28,31)(H,27,29,32). The van der Waals surface area contributed by atoms with E-state index in [4.69, 9.17) is 21.1 Å². The minimum atomic E-state index is -0.207. The van der Waals surface area contributed by atoms with Gasteiger partial charge < -0.3 is 19.7 Å². The van der Waals surface area contributed by atoms with Crippen LogP contribution in [0.3, 0.4) is 0 Å². The molecule has 3 aromatic rings. The molecule has 1 aromatic heterocycles. The summed E-state index contributed by atoms with van der Waals surface area (Å²) in [5, 5.41) is 3.51. The molecule has 0 radical (unpaired) electrons. The number of nitrogens with one attached hydrogen (secondary N) is 2. The van der Waals surface area contributed by atoms with Crippen molar-refractivity contribution in [1.29, 1.82) is 0 Å². The average molecular weight is 483 g/mol. The number of amides is 1. The van der Waals surface area contributed by atoms with Gasteiger partial charge in [0.15, 0.2) is 0 Å². The number of halogens is 1. The third kappa shape index (κ3) is 6.15. The summed E-state index contributed by atoms with van der Waals surface area (Å²) in [5.41, 5.74) is 2.51. The summed E-state index contributed by atoms with van der Waals surface area (Å²) in [4.78, 5) is 34.4. The van der Waals surface area contributed by atoms with Crippen molar-refractivity contribution in [1.82, 2.24) is 9.97 Å². The summed E-state index contributed by atoms with van der Waals surface area (Å²) < 4.78 is 11.1. The Morgan fingerprint density at radius 3 is 2.62 bits per heavy atom. The summed E-state index contributed by atoms with van der Waals surface area (Å²) in [6, 6.07) is 14.6. The monoisotopic (exact) mass is 482 g/mol. The number of carbonyl (C=O) groups excluding carboxylic acids is 1. The number of aromatic amines is 1. The van der Waals surface area contributed by atoms with Crippen molar-refractivity contribution < 1.29 is 14.3 Å². The maximum absolute atomic E-state index is 12.6. The van der Waals surface area contributed by atoms with E-state index in [9.17, 15) is 9.59 Å². The highest BCUT2D eigenvalue weighted by atomic mass is 35.5. The summed E-state index contributed by atoms with van der Waals surface area (Å²) in [6.07, 6.45) is 0.482. The van der Waals surface area contributed by atoms with Gasteiger partial charge in [-0.25, -0.2) is 4.98 Å². The van der Waals surface area contributed by atoms with Gasteiger partial charge in [0.1, 0.15) is 12.4 Å². The van der Waals surface area contributed by atoms with E-state index in [0.29, 0.717) is 73.0 Å². The number of anilines is 2. The molecule has 1 amide bonds. The van der Waals surface area contributed by atoms with Crippen LogP contribution in [0.15, 0.2) is 53.3 Å². The second kappa shape index (κ2) is 11.2. The molecular weight excluding hydrogens is 456 g/mol. The van der Waals surface area contributed by atoms with Crippen LogP contribution in [0.25, 0.3) is 0 Å². The van der Waals surface area contributed by atoms with Gasteiger partial charge in [-0.2, -0.15) is 0 Å². The quantitative estimate of drug-likeness (QED) is 0.508. The zero-order chi connectivity index (χ0) is 23.9. The van der Waals surface area contributed by atoms with Gasteiger partial charge in [0, 0.05) is 47.0 Å². The highest BCUT2D eigenvalue weighted by Gasteiger charge is 2.17. The van der Waals surface area contributed by atoms with Gasteiger partial charge in [-0.1, -0.05) is 29.8 Å². The van der Waals surface area contributed by atoms with Crippen molar-refractivity contribution in [3.63, 3.8) is 0 Å². The third-order valence-corrected chi connectivity index (χ3v) is 5.98. The fourth-order valence-corrected chi connectivity index (χ4v) is 3.88. The first kappa shape index (κ1) is 23.8. The number of rotatable bonds is 8. The number of benzene rings is 2. The lowest BCUT2D eigenvalue weighted by Crippen LogP contribution is -2.38. The molecule has 8 nitrogen and oxygen atoms in total. The summed E-state index contributed by atoms with van der Waals surface area (Å²) >= 11 is 6.15. The van der Waals surface area contributed by atoms with E-state index < -0.39 is 0 Å². The van der Waals surface area contributed by atoms with E-state index in [2.05, 4.69) is 15.3 Å². The number of ether oxygens (including phenoxy) is 2. The lowest BCUT2D eigenvalue weighted by atomic mass is 10.1. The van der Waals surface area contributed by atoms with E-state index >= 15 is 0 Å². The van der Waals surface area contributed by atoms with E-state index in [-0.39, 0.29) is 17.9 Å². The highest BCUT2D eigenvalue weighted by molar-refractivity contribution is 6.31. The zero-order valence-electron chi connectivity index (χ0n) is 19.0. The fraction of sp³-hybridized carbons (Fsp3) is 0.320. The van der Waals surface area contributed by atoms with Crippen LogP contribution in [0, 0.1) is 6.92 Å². The lowest BCUT2D eigenvalue weighted by Gasteiger charge is -2.27. The highest BCUT2D eigenvalue weighted by Crippen LogP contribution is 2.20. The molecule has 1 fully saturated rings. The van der Waals surface area contributed by atoms with E-state index in [1.54, 1.807) is 31.2 Å². The van der Waals surface area contributed by atoms with E-state index in [0.717, 1.165) is 5.56 Å². The molecule has 0 spiro atoms. The minimum Gasteiger partial charge on any atom is -0.489 e. The minimum absolute atomic E-state index is 0.174. The van der Waals surface area contributed by atoms with Gasteiger partial charge >= 0.3 is 0 Å². The van der Waals surface area contributed by atoms with Crippen LogP contribution >= 0.6 is 11.6 Å². The number of hydrogen-bond donors (Lipinski definition) is 2. The van der Waals surface area contributed by atoms with E-state index in [1.165, 1.54) is 0 Å². The summed E-state index contributed by atoms with van der Waals surface area (Å²) in [6.45, 7) is 4.76. The zero-order valence-corrected chi connectivity index (χ0v) is 19.7. The van der Waals surface area contributed by atoms with Crippen LogP contribution in [-0.2, 0) is 22.6 Å².